The molecule has 1 aromatic carbocycles. The Bertz CT molecular complexity index is 760. The maximum atomic E-state index is 5.99. The molecule has 0 fully saturated rings. The number of halogens is 1. The first kappa shape index (κ1) is 17.8. The fraction of sp³-hybridized carbons (Fsp3) is 0.500. The Morgan fingerprint density at radius 2 is 1.88 bits per heavy atom. The van der Waals surface area contributed by atoms with Crippen molar-refractivity contribution in [1.82, 2.24) is 15.1 Å². The van der Waals surface area contributed by atoms with Crippen LogP contribution >= 0.6 is 11.6 Å². The second-order valence-corrected chi connectivity index (χ2v) is 8.01. The first-order valence-corrected chi connectivity index (χ1v) is 10.4. The number of aromatic nitrogens is 2. The molecule has 138 valence electrons. The molecule has 1 aromatic heterocycles. The van der Waals surface area contributed by atoms with Crippen molar-refractivity contribution in [2.24, 2.45) is 0 Å². The maximum absolute atomic E-state index is 5.99. The number of rotatable bonds is 5. The van der Waals surface area contributed by atoms with Gasteiger partial charge < -0.3 is 0 Å². The minimum absolute atomic E-state index is 0.809. The van der Waals surface area contributed by atoms with Crippen molar-refractivity contribution < 1.29 is 0 Å². The summed E-state index contributed by atoms with van der Waals surface area (Å²) in [5, 5.41) is 8.71. The Balaban J connectivity index is 1.28. The van der Waals surface area contributed by atoms with E-state index in [9.17, 15) is 0 Å². The van der Waals surface area contributed by atoms with Crippen LogP contribution in [-0.2, 0) is 19.3 Å². The molecule has 0 radical (unpaired) electrons. The highest BCUT2D eigenvalue weighted by Gasteiger charge is 2.16. The number of hydrogen-bond donors (Lipinski definition) is 1. The number of fused-ring (bicyclic) bond motifs is 1. The third kappa shape index (κ3) is 4.21. The Morgan fingerprint density at radius 1 is 1.04 bits per heavy atom. The summed E-state index contributed by atoms with van der Waals surface area (Å²) < 4.78 is 0. The van der Waals surface area contributed by atoms with Gasteiger partial charge in [-0.2, -0.15) is 5.10 Å². The Kier molecular flexibility index (Phi) is 5.76. The fourth-order valence-electron chi connectivity index (χ4n) is 4.24. The molecule has 0 amide bonds. The van der Waals surface area contributed by atoms with E-state index in [4.69, 9.17) is 11.6 Å². The SMILES string of the molecule is Clc1ccc(C2=CCN(CCCc3[nH]nc4c3CCCCC4)CC2)cc1. The number of aromatic amines is 1. The predicted octanol–water partition coefficient (Wildman–Crippen LogP) is 5.05. The fourth-order valence-corrected chi connectivity index (χ4v) is 4.37. The van der Waals surface area contributed by atoms with Gasteiger partial charge in [0.25, 0.3) is 0 Å². The molecule has 0 bridgehead atoms. The van der Waals surface area contributed by atoms with E-state index >= 15 is 0 Å². The maximum Gasteiger partial charge on any atom is 0.0656 e. The zero-order valence-corrected chi connectivity index (χ0v) is 16.2. The van der Waals surface area contributed by atoms with Crippen molar-refractivity contribution in [3.63, 3.8) is 0 Å². The summed E-state index contributed by atoms with van der Waals surface area (Å²) in [6.45, 7) is 3.37. The van der Waals surface area contributed by atoms with Gasteiger partial charge in [-0.15, -0.1) is 0 Å². The van der Waals surface area contributed by atoms with Gasteiger partial charge in [0.1, 0.15) is 0 Å². The number of hydrogen-bond acceptors (Lipinski definition) is 2. The second kappa shape index (κ2) is 8.41. The van der Waals surface area contributed by atoms with Gasteiger partial charge in [0.15, 0.2) is 0 Å². The van der Waals surface area contributed by atoms with Gasteiger partial charge in [-0.1, -0.05) is 36.2 Å². The zero-order chi connectivity index (χ0) is 17.8. The first-order chi connectivity index (χ1) is 12.8. The Morgan fingerprint density at radius 3 is 2.69 bits per heavy atom. The monoisotopic (exact) mass is 369 g/mol. The highest BCUT2D eigenvalue weighted by molar-refractivity contribution is 6.30. The highest BCUT2D eigenvalue weighted by Crippen LogP contribution is 2.25. The molecule has 2 aliphatic rings. The molecule has 3 nitrogen and oxygen atoms in total. The van der Waals surface area contributed by atoms with E-state index in [0.29, 0.717) is 0 Å². The molecule has 0 spiro atoms. The van der Waals surface area contributed by atoms with Crippen LogP contribution in [0.5, 0.6) is 0 Å². The average Bonchev–Trinajstić information content (AvgIpc) is 2.89. The second-order valence-electron chi connectivity index (χ2n) is 7.58. The molecule has 26 heavy (non-hydrogen) atoms. The van der Waals surface area contributed by atoms with Crippen LogP contribution in [0.15, 0.2) is 30.3 Å². The van der Waals surface area contributed by atoms with Gasteiger partial charge >= 0.3 is 0 Å². The first-order valence-electron chi connectivity index (χ1n) is 10.0. The number of H-pyrrole nitrogens is 1. The smallest absolute Gasteiger partial charge is 0.0656 e. The van der Waals surface area contributed by atoms with Crippen molar-refractivity contribution in [2.75, 3.05) is 19.6 Å². The quantitative estimate of drug-likeness (QED) is 0.747. The molecule has 4 rings (SSSR count). The summed E-state index contributed by atoms with van der Waals surface area (Å²) in [6.07, 6.45) is 12.2. The number of nitrogens with one attached hydrogen (secondary N) is 1. The molecular weight excluding hydrogens is 342 g/mol. The lowest BCUT2D eigenvalue weighted by Crippen LogP contribution is -2.29. The van der Waals surface area contributed by atoms with Gasteiger partial charge in [0.2, 0.25) is 0 Å². The van der Waals surface area contributed by atoms with Crippen LogP contribution < -0.4 is 0 Å². The normalized spacial score (nSPS) is 18.3. The van der Waals surface area contributed by atoms with Crippen LogP contribution in [0.4, 0.5) is 0 Å². The lowest BCUT2D eigenvalue weighted by Gasteiger charge is -2.26. The molecule has 0 unspecified atom stereocenters. The van der Waals surface area contributed by atoms with Crippen molar-refractivity contribution >= 4 is 17.2 Å². The summed E-state index contributed by atoms with van der Waals surface area (Å²) in [4.78, 5) is 2.56. The van der Waals surface area contributed by atoms with Crippen LogP contribution in [-0.4, -0.2) is 34.7 Å². The molecule has 1 aliphatic carbocycles. The lowest BCUT2D eigenvalue weighted by atomic mass is 9.99. The van der Waals surface area contributed by atoms with Gasteiger partial charge in [0.05, 0.1) is 5.69 Å². The van der Waals surface area contributed by atoms with Crippen molar-refractivity contribution in [2.45, 2.75) is 51.4 Å². The summed E-state index contributed by atoms with van der Waals surface area (Å²) >= 11 is 5.99. The molecule has 1 N–H and O–H groups in total. The van der Waals surface area contributed by atoms with E-state index in [-0.39, 0.29) is 0 Å². The standard InChI is InChI=1S/C22H28ClN3/c23-19-10-8-17(9-11-19)18-12-15-26(16-13-18)14-4-7-22-20-5-2-1-3-6-21(20)24-25-22/h8-12H,1-7,13-16H2,(H,24,25). The molecule has 0 atom stereocenters. The van der Waals surface area contributed by atoms with Crippen molar-refractivity contribution in [3.05, 3.63) is 57.9 Å². The highest BCUT2D eigenvalue weighted by atomic mass is 35.5. The molecule has 2 aromatic rings. The lowest BCUT2D eigenvalue weighted by molar-refractivity contribution is 0.297. The van der Waals surface area contributed by atoms with Crippen LogP contribution in [0.1, 0.15) is 54.6 Å². The van der Waals surface area contributed by atoms with E-state index < -0.39 is 0 Å². The van der Waals surface area contributed by atoms with Crippen molar-refractivity contribution in [3.8, 4) is 0 Å². The van der Waals surface area contributed by atoms with Crippen LogP contribution in [0.3, 0.4) is 0 Å². The number of aryl methyl sites for hydroxylation is 2. The van der Waals surface area contributed by atoms with E-state index in [1.165, 1.54) is 60.2 Å². The van der Waals surface area contributed by atoms with Gasteiger partial charge in [0, 0.05) is 23.8 Å². The van der Waals surface area contributed by atoms with E-state index in [2.05, 4.69) is 33.3 Å². The minimum atomic E-state index is 0.809. The Hall–Kier alpha value is -1.58. The predicted molar refractivity (Wildman–Crippen MR) is 109 cm³/mol. The molecule has 0 saturated heterocycles. The summed E-state index contributed by atoms with van der Waals surface area (Å²) in [5.74, 6) is 0. The van der Waals surface area contributed by atoms with Gasteiger partial charge in [-0.3, -0.25) is 10.00 Å². The molecular formula is C22H28ClN3. The zero-order valence-electron chi connectivity index (χ0n) is 15.4. The minimum Gasteiger partial charge on any atom is -0.299 e. The van der Waals surface area contributed by atoms with E-state index in [0.717, 1.165) is 43.9 Å². The van der Waals surface area contributed by atoms with E-state index in [1.54, 1.807) is 0 Å². The molecule has 2 heterocycles. The largest absolute Gasteiger partial charge is 0.299 e. The van der Waals surface area contributed by atoms with Crippen LogP contribution in [0, 0.1) is 0 Å². The number of benzene rings is 1. The molecule has 4 heteroatoms. The molecule has 0 saturated carbocycles. The third-order valence-corrected chi connectivity index (χ3v) is 6.04. The summed E-state index contributed by atoms with van der Waals surface area (Å²) in [7, 11) is 0. The van der Waals surface area contributed by atoms with Gasteiger partial charge in [-0.05, 0) is 80.3 Å². The van der Waals surface area contributed by atoms with E-state index in [1.807, 2.05) is 12.1 Å². The van der Waals surface area contributed by atoms with Gasteiger partial charge in [-0.25, -0.2) is 0 Å². The van der Waals surface area contributed by atoms with Crippen LogP contribution in [0.25, 0.3) is 5.57 Å². The van der Waals surface area contributed by atoms with Crippen molar-refractivity contribution in [1.29, 1.82) is 0 Å². The molecule has 1 aliphatic heterocycles. The summed E-state index contributed by atoms with van der Waals surface area (Å²) in [6, 6.07) is 8.23. The average molecular weight is 370 g/mol. The third-order valence-electron chi connectivity index (χ3n) is 5.79. The number of nitrogens with zero attached hydrogens (tertiary/aromatic N) is 2. The van der Waals surface area contributed by atoms with Crippen LogP contribution in [0.2, 0.25) is 5.02 Å². The topological polar surface area (TPSA) is 31.9 Å². The summed E-state index contributed by atoms with van der Waals surface area (Å²) in [5.41, 5.74) is 7.04. The Labute approximate surface area is 161 Å².